The zero-order chi connectivity index (χ0) is 11.4. The Morgan fingerprint density at radius 3 is 2.13 bits per heavy atom. The third-order valence-corrected chi connectivity index (χ3v) is 2.11. The Bertz CT molecular complexity index is 311. The van der Waals surface area contributed by atoms with Gasteiger partial charge in [0.1, 0.15) is 0 Å². The maximum Gasteiger partial charge on any atom is 0.0621 e. The molecule has 6 heteroatoms. The first-order valence-corrected chi connectivity index (χ1v) is 5.72. The standard InChI is InChI=1S/C9H11N3S3/c13-6-10-4-1-2-9(12-8-15)3-5-11-7-14/h9H,1-5H2. The normalized spacial score (nSPS) is 10.4. The summed E-state index contributed by atoms with van der Waals surface area (Å²) in [5, 5.41) is 7.03. The minimum absolute atomic E-state index is 0.148. The van der Waals surface area contributed by atoms with Crippen LogP contribution in [-0.2, 0) is 0 Å². The van der Waals surface area contributed by atoms with E-state index in [0.29, 0.717) is 13.1 Å². The number of aliphatic imine (C=N–C) groups is 3. The van der Waals surface area contributed by atoms with Crippen LogP contribution >= 0.6 is 36.7 Å². The predicted molar refractivity (Wildman–Crippen MR) is 72.5 cm³/mol. The molecule has 1 atom stereocenters. The molecule has 0 radical (unpaired) electrons. The van der Waals surface area contributed by atoms with Gasteiger partial charge in [-0.05, 0) is 55.9 Å². The van der Waals surface area contributed by atoms with Gasteiger partial charge >= 0.3 is 0 Å². The summed E-state index contributed by atoms with van der Waals surface area (Å²) in [6.45, 7) is 1.31. The molecule has 0 aliphatic heterocycles. The molecule has 0 rings (SSSR count). The molecule has 0 aromatic heterocycles. The van der Waals surface area contributed by atoms with E-state index in [1.54, 1.807) is 0 Å². The molecule has 0 amide bonds. The maximum absolute atomic E-state index is 4.57. The summed E-state index contributed by atoms with van der Waals surface area (Å²) in [6.07, 6.45) is 2.63. The number of thiocarbonyl (C=S) groups is 3. The molecule has 0 spiro atoms. The molecule has 0 aliphatic carbocycles. The van der Waals surface area contributed by atoms with Crippen LogP contribution in [-0.4, -0.2) is 34.6 Å². The molecular formula is C9H11N3S3. The second-order valence-electron chi connectivity index (χ2n) is 2.75. The van der Waals surface area contributed by atoms with Crippen LogP contribution in [0.1, 0.15) is 19.3 Å². The molecule has 0 saturated carbocycles. The molecule has 1 unspecified atom stereocenters. The van der Waals surface area contributed by atoms with Crippen LogP contribution in [0.4, 0.5) is 0 Å². The van der Waals surface area contributed by atoms with Crippen molar-refractivity contribution in [3.05, 3.63) is 0 Å². The zero-order valence-electron chi connectivity index (χ0n) is 8.18. The smallest absolute Gasteiger partial charge is 0.0621 e. The van der Waals surface area contributed by atoms with Crippen LogP contribution in [0.5, 0.6) is 0 Å². The van der Waals surface area contributed by atoms with Gasteiger partial charge in [0.25, 0.3) is 0 Å². The van der Waals surface area contributed by atoms with Gasteiger partial charge in [-0.1, -0.05) is 0 Å². The summed E-state index contributed by atoms with van der Waals surface area (Å²) < 4.78 is 0. The van der Waals surface area contributed by atoms with Crippen molar-refractivity contribution in [2.24, 2.45) is 15.0 Å². The van der Waals surface area contributed by atoms with Crippen molar-refractivity contribution in [2.75, 3.05) is 13.1 Å². The van der Waals surface area contributed by atoms with E-state index < -0.39 is 0 Å². The van der Waals surface area contributed by atoms with Crippen LogP contribution in [0, 0.1) is 0 Å². The first-order chi connectivity index (χ1) is 7.35. The summed E-state index contributed by atoms with van der Waals surface area (Å²) in [5.41, 5.74) is 0. The molecule has 0 fully saturated rings. The predicted octanol–water partition coefficient (Wildman–Crippen LogP) is 2.83. The zero-order valence-corrected chi connectivity index (χ0v) is 10.6. The monoisotopic (exact) mass is 257 g/mol. The molecule has 0 bridgehead atoms. The van der Waals surface area contributed by atoms with Gasteiger partial charge in [0, 0.05) is 6.54 Å². The van der Waals surface area contributed by atoms with Gasteiger partial charge in [-0.25, -0.2) is 15.0 Å². The van der Waals surface area contributed by atoms with Crippen molar-refractivity contribution in [1.29, 1.82) is 0 Å². The van der Waals surface area contributed by atoms with E-state index >= 15 is 0 Å². The topological polar surface area (TPSA) is 37.1 Å². The van der Waals surface area contributed by atoms with Gasteiger partial charge in [-0.2, -0.15) is 0 Å². The Morgan fingerprint density at radius 2 is 1.53 bits per heavy atom. The van der Waals surface area contributed by atoms with E-state index in [4.69, 9.17) is 0 Å². The second-order valence-corrected chi connectivity index (χ2v) is 3.30. The molecule has 0 aromatic carbocycles. The van der Waals surface area contributed by atoms with Gasteiger partial charge in [0.2, 0.25) is 0 Å². The second kappa shape index (κ2) is 11.5. The maximum atomic E-state index is 4.57. The highest BCUT2D eigenvalue weighted by molar-refractivity contribution is 7.78. The van der Waals surface area contributed by atoms with Crippen molar-refractivity contribution in [3.63, 3.8) is 0 Å². The van der Waals surface area contributed by atoms with Crippen molar-refractivity contribution in [1.82, 2.24) is 0 Å². The molecule has 80 valence electrons. The molecule has 0 heterocycles. The molecule has 0 aliphatic rings. The fourth-order valence-electron chi connectivity index (χ4n) is 1.06. The first-order valence-electron chi connectivity index (χ1n) is 4.49. The van der Waals surface area contributed by atoms with E-state index in [2.05, 4.69) is 67.1 Å². The number of hydrogen-bond acceptors (Lipinski definition) is 6. The third-order valence-electron chi connectivity index (χ3n) is 1.75. The minimum Gasteiger partial charge on any atom is -0.233 e. The van der Waals surface area contributed by atoms with Crippen LogP contribution in [0.15, 0.2) is 15.0 Å². The Hall–Kier alpha value is -0.600. The minimum atomic E-state index is 0.148. The number of isothiocyanates is 3. The molecular weight excluding hydrogens is 246 g/mol. The summed E-state index contributed by atoms with van der Waals surface area (Å²) in [5.74, 6) is 0. The van der Waals surface area contributed by atoms with Gasteiger partial charge in [-0.15, -0.1) is 0 Å². The summed E-state index contributed by atoms with van der Waals surface area (Å²) >= 11 is 13.5. The van der Waals surface area contributed by atoms with E-state index in [9.17, 15) is 0 Å². The fourth-order valence-corrected chi connectivity index (χ4v) is 1.39. The number of nitrogens with zero attached hydrogens (tertiary/aromatic N) is 3. The van der Waals surface area contributed by atoms with E-state index in [-0.39, 0.29) is 6.04 Å². The Kier molecular flexibility index (Phi) is 11.0. The van der Waals surface area contributed by atoms with Crippen molar-refractivity contribution in [3.8, 4) is 0 Å². The lowest BCUT2D eigenvalue weighted by Gasteiger charge is -2.07. The molecule has 0 N–H and O–H groups in total. The average molecular weight is 257 g/mol. The summed E-state index contributed by atoms with van der Waals surface area (Å²) in [6, 6.07) is 0.148. The van der Waals surface area contributed by atoms with E-state index in [1.807, 2.05) is 0 Å². The van der Waals surface area contributed by atoms with E-state index in [1.165, 1.54) is 0 Å². The van der Waals surface area contributed by atoms with Crippen LogP contribution in [0.25, 0.3) is 0 Å². The third kappa shape index (κ3) is 9.70. The van der Waals surface area contributed by atoms with Gasteiger partial charge in [0.05, 0.1) is 28.1 Å². The Balaban J connectivity index is 3.86. The molecule has 0 saturated heterocycles. The largest absolute Gasteiger partial charge is 0.233 e. The molecule has 0 aromatic rings. The highest BCUT2D eigenvalue weighted by Gasteiger charge is 2.04. The van der Waals surface area contributed by atoms with Crippen LogP contribution in [0.3, 0.4) is 0 Å². The highest BCUT2D eigenvalue weighted by Crippen LogP contribution is 2.06. The SMILES string of the molecule is S=C=NCCCC(CCN=C=S)N=C=S. The molecule has 3 nitrogen and oxygen atoms in total. The van der Waals surface area contributed by atoms with Crippen LogP contribution < -0.4 is 0 Å². The van der Waals surface area contributed by atoms with Crippen molar-refractivity contribution >= 4 is 52.1 Å². The van der Waals surface area contributed by atoms with Crippen molar-refractivity contribution in [2.45, 2.75) is 25.3 Å². The lowest BCUT2D eigenvalue weighted by Crippen LogP contribution is -2.06. The lowest BCUT2D eigenvalue weighted by molar-refractivity contribution is 0.563. The van der Waals surface area contributed by atoms with Gasteiger partial charge < -0.3 is 0 Å². The number of hydrogen-bond donors (Lipinski definition) is 0. The van der Waals surface area contributed by atoms with Gasteiger partial charge in [-0.3, -0.25) is 0 Å². The lowest BCUT2D eigenvalue weighted by atomic mass is 10.1. The van der Waals surface area contributed by atoms with Gasteiger partial charge in [0.15, 0.2) is 0 Å². The average Bonchev–Trinajstić information content (AvgIpc) is 2.24. The Labute approximate surface area is 105 Å². The number of rotatable bonds is 8. The fraction of sp³-hybridized carbons (Fsp3) is 0.667. The first kappa shape index (κ1) is 14.4. The van der Waals surface area contributed by atoms with Crippen LogP contribution in [0.2, 0.25) is 0 Å². The summed E-state index contributed by atoms with van der Waals surface area (Å²) in [7, 11) is 0. The highest BCUT2D eigenvalue weighted by atomic mass is 32.1. The summed E-state index contributed by atoms with van der Waals surface area (Å²) in [4.78, 5) is 11.7. The quantitative estimate of drug-likeness (QED) is 0.381. The van der Waals surface area contributed by atoms with E-state index in [0.717, 1.165) is 19.3 Å². The van der Waals surface area contributed by atoms with Crippen molar-refractivity contribution < 1.29 is 0 Å². The Morgan fingerprint density at radius 1 is 0.867 bits per heavy atom. The molecule has 15 heavy (non-hydrogen) atoms.